The second kappa shape index (κ2) is 6.92. The summed E-state index contributed by atoms with van der Waals surface area (Å²) in [5, 5.41) is 3.35. The highest BCUT2D eigenvalue weighted by Crippen LogP contribution is 2.22. The molecule has 1 heterocycles. The van der Waals surface area contributed by atoms with Gasteiger partial charge in [0.05, 0.1) is 0 Å². The third-order valence-corrected chi connectivity index (χ3v) is 3.53. The highest BCUT2D eigenvalue weighted by Gasteiger charge is 2.02. The largest absolute Gasteiger partial charge is 0.340 e. The van der Waals surface area contributed by atoms with Crippen LogP contribution in [0.5, 0.6) is 0 Å². The van der Waals surface area contributed by atoms with Crippen LogP contribution in [0.3, 0.4) is 0 Å². The molecule has 1 N–H and O–H groups in total. The standard InChI is InChI=1S/C15H16BrClN2/c1-11-8-13(16)10-18-15(11)19-14-6-2-4-12(9-14)5-3-7-17/h2,4,6,8-10H,3,5,7H2,1H3,(H,18,19). The van der Waals surface area contributed by atoms with Crippen LogP contribution in [0.4, 0.5) is 11.5 Å². The monoisotopic (exact) mass is 338 g/mol. The van der Waals surface area contributed by atoms with Crippen molar-refractivity contribution in [2.24, 2.45) is 0 Å². The molecule has 0 aliphatic heterocycles. The lowest BCUT2D eigenvalue weighted by atomic mass is 10.1. The second-order valence-electron chi connectivity index (χ2n) is 4.44. The minimum absolute atomic E-state index is 0.699. The molecule has 0 radical (unpaired) electrons. The molecule has 2 nitrogen and oxygen atoms in total. The average molecular weight is 340 g/mol. The van der Waals surface area contributed by atoms with E-state index in [1.165, 1.54) is 5.56 Å². The quantitative estimate of drug-likeness (QED) is 0.769. The fourth-order valence-corrected chi connectivity index (χ4v) is 2.46. The minimum Gasteiger partial charge on any atom is -0.340 e. The van der Waals surface area contributed by atoms with Gasteiger partial charge < -0.3 is 5.32 Å². The van der Waals surface area contributed by atoms with Gasteiger partial charge in [0.2, 0.25) is 0 Å². The van der Waals surface area contributed by atoms with E-state index in [9.17, 15) is 0 Å². The number of hydrogen-bond acceptors (Lipinski definition) is 2. The first-order valence-electron chi connectivity index (χ1n) is 6.23. The first-order valence-corrected chi connectivity index (χ1v) is 7.56. The lowest BCUT2D eigenvalue weighted by Gasteiger charge is -2.10. The van der Waals surface area contributed by atoms with E-state index < -0.39 is 0 Å². The summed E-state index contributed by atoms with van der Waals surface area (Å²) in [4.78, 5) is 4.39. The summed E-state index contributed by atoms with van der Waals surface area (Å²) in [5.41, 5.74) is 3.46. The molecule has 0 saturated heterocycles. The van der Waals surface area contributed by atoms with Crippen molar-refractivity contribution < 1.29 is 0 Å². The molecule has 0 saturated carbocycles. The van der Waals surface area contributed by atoms with E-state index in [1.807, 2.05) is 19.1 Å². The zero-order chi connectivity index (χ0) is 13.7. The SMILES string of the molecule is Cc1cc(Br)cnc1Nc1cccc(CCCCl)c1. The van der Waals surface area contributed by atoms with Crippen LogP contribution < -0.4 is 5.32 Å². The van der Waals surface area contributed by atoms with Crippen molar-refractivity contribution in [2.45, 2.75) is 19.8 Å². The Labute approximate surface area is 127 Å². The smallest absolute Gasteiger partial charge is 0.133 e. The van der Waals surface area contributed by atoms with Gasteiger partial charge in [0.25, 0.3) is 0 Å². The van der Waals surface area contributed by atoms with E-state index in [0.717, 1.165) is 34.4 Å². The Kier molecular flexibility index (Phi) is 5.23. The molecule has 0 amide bonds. The van der Waals surface area contributed by atoms with Crippen LogP contribution in [-0.2, 0) is 6.42 Å². The van der Waals surface area contributed by atoms with Crippen molar-refractivity contribution in [3.8, 4) is 0 Å². The van der Waals surface area contributed by atoms with Crippen molar-refractivity contribution >= 4 is 39.0 Å². The number of hydrogen-bond donors (Lipinski definition) is 1. The number of halogens is 2. The summed E-state index contributed by atoms with van der Waals surface area (Å²) in [6.07, 6.45) is 3.80. The van der Waals surface area contributed by atoms with Crippen LogP contribution in [-0.4, -0.2) is 10.9 Å². The average Bonchev–Trinajstić information content (AvgIpc) is 2.40. The Morgan fingerprint density at radius 3 is 2.89 bits per heavy atom. The van der Waals surface area contributed by atoms with Crippen LogP contribution in [0.25, 0.3) is 0 Å². The van der Waals surface area contributed by atoms with Gasteiger partial charge in [-0.05, 0) is 65.0 Å². The maximum atomic E-state index is 5.73. The van der Waals surface area contributed by atoms with E-state index in [4.69, 9.17) is 11.6 Å². The molecule has 1 aromatic heterocycles. The third kappa shape index (κ3) is 4.22. The molecule has 0 spiro atoms. The molecule has 2 rings (SSSR count). The zero-order valence-corrected chi connectivity index (χ0v) is 13.1. The lowest BCUT2D eigenvalue weighted by molar-refractivity contribution is 0.929. The van der Waals surface area contributed by atoms with Gasteiger partial charge in [-0.25, -0.2) is 4.98 Å². The molecule has 0 unspecified atom stereocenters. The normalized spacial score (nSPS) is 10.5. The van der Waals surface area contributed by atoms with Gasteiger partial charge >= 0.3 is 0 Å². The van der Waals surface area contributed by atoms with Crippen molar-refractivity contribution in [1.29, 1.82) is 0 Å². The fourth-order valence-electron chi connectivity index (χ4n) is 1.88. The molecule has 0 aliphatic carbocycles. The molecule has 2 aromatic rings. The van der Waals surface area contributed by atoms with Crippen molar-refractivity contribution in [3.63, 3.8) is 0 Å². The molecule has 0 aliphatic rings. The van der Waals surface area contributed by atoms with Crippen LogP contribution in [0.1, 0.15) is 17.5 Å². The molecule has 1 aromatic carbocycles. The molecule has 4 heteroatoms. The Balaban J connectivity index is 2.14. The summed E-state index contributed by atoms with van der Waals surface area (Å²) in [6.45, 7) is 2.04. The summed E-state index contributed by atoms with van der Waals surface area (Å²) in [5.74, 6) is 1.59. The molecular weight excluding hydrogens is 324 g/mol. The number of benzene rings is 1. The number of aromatic nitrogens is 1. The highest BCUT2D eigenvalue weighted by atomic mass is 79.9. The Bertz CT molecular complexity index is 558. The Hall–Kier alpha value is -1.06. The summed E-state index contributed by atoms with van der Waals surface area (Å²) < 4.78 is 0.992. The van der Waals surface area contributed by atoms with E-state index in [1.54, 1.807) is 6.20 Å². The number of aryl methyl sites for hydroxylation is 2. The van der Waals surface area contributed by atoms with E-state index in [0.29, 0.717) is 5.88 Å². The number of nitrogens with one attached hydrogen (secondary N) is 1. The van der Waals surface area contributed by atoms with E-state index in [-0.39, 0.29) is 0 Å². The number of pyridine rings is 1. The minimum atomic E-state index is 0.699. The van der Waals surface area contributed by atoms with Crippen LogP contribution in [0.15, 0.2) is 41.0 Å². The Morgan fingerprint density at radius 1 is 1.32 bits per heavy atom. The highest BCUT2D eigenvalue weighted by molar-refractivity contribution is 9.10. The second-order valence-corrected chi connectivity index (χ2v) is 5.73. The topological polar surface area (TPSA) is 24.9 Å². The maximum Gasteiger partial charge on any atom is 0.133 e. The predicted octanol–water partition coefficient (Wildman–Crippen LogP) is 5.07. The van der Waals surface area contributed by atoms with E-state index >= 15 is 0 Å². The predicted molar refractivity (Wildman–Crippen MR) is 85.4 cm³/mol. The first-order chi connectivity index (χ1) is 9.19. The third-order valence-electron chi connectivity index (χ3n) is 2.83. The van der Waals surface area contributed by atoms with Crippen molar-refractivity contribution in [3.05, 3.63) is 52.1 Å². The fraction of sp³-hybridized carbons (Fsp3) is 0.267. The summed E-state index contributed by atoms with van der Waals surface area (Å²) in [6, 6.07) is 10.4. The zero-order valence-electron chi connectivity index (χ0n) is 10.8. The van der Waals surface area contributed by atoms with Crippen molar-refractivity contribution in [1.82, 2.24) is 4.98 Å². The number of anilines is 2. The van der Waals surface area contributed by atoms with Crippen LogP contribution in [0, 0.1) is 6.92 Å². The van der Waals surface area contributed by atoms with Gasteiger partial charge in [-0.3, -0.25) is 0 Å². The number of alkyl halides is 1. The molecular formula is C15H16BrClN2. The maximum absolute atomic E-state index is 5.73. The summed E-state index contributed by atoms with van der Waals surface area (Å²) >= 11 is 9.15. The molecule has 0 fully saturated rings. The van der Waals surface area contributed by atoms with Gasteiger partial charge in [-0.2, -0.15) is 0 Å². The van der Waals surface area contributed by atoms with Crippen LogP contribution in [0.2, 0.25) is 0 Å². The Morgan fingerprint density at radius 2 is 2.16 bits per heavy atom. The molecule has 100 valence electrons. The molecule has 0 bridgehead atoms. The van der Waals surface area contributed by atoms with Gasteiger partial charge in [0.15, 0.2) is 0 Å². The lowest BCUT2D eigenvalue weighted by Crippen LogP contribution is -1.97. The van der Waals surface area contributed by atoms with Crippen molar-refractivity contribution in [2.75, 3.05) is 11.2 Å². The van der Waals surface area contributed by atoms with Gasteiger partial charge in [0.1, 0.15) is 5.82 Å². The molecule has 0 atom stereocenters. The molecule has 19 heavy (non-hydrogen) atoms. The first kappa shape index (κ1) is 14.4. The van der Waals surface area contributed by atoms with Crippen LogP contribution >= 0.6 is 27.5 Å². The van der Waals surface area contributed by atoms with Gasteiger partial charge in [-0.1, -0.05) is 12.1 Å². The summed E-state index contributed by atoms with van der Waals surface area (Å²) in [7, 11) is 0. The van der Waals surface area contributed by atoms with Gasteiger partial charge in [-0.15, -0.1) is 11.6 Å². The number of nitrogens with zero attached hydrogens (tertiary/aromatic N) is 1. The van der Waals surface area contributed by atoms with Gasteiger partial charge in [0, 0.05) is 22.2 Å². The number of rotatable bonds is 5. The van der Waals surface area contributed by atoms with E-state index in [2.05, 4.69) is 44.4 Å².